The maximum atomic E-state index is 10.6. The molecule has 0 unspecified atom stereocenters. The van der Waals surface area contributed by atoms with E-state index in [-0.39, 0.29) is 0 Å². The normalized spacial score (nSPS) is 13.9. The minimum Gasteiger partial charge on any atom is -0.494 e. The molecule has 1 saturated heterocycles. The number of aromatic nitrogens is 2. The van der Waals surface area contributed by atoms with Crippen LogP contribution in [-0.2, 0) is 4.79 Å². The molecule has 1 aliphatic rings. The Morgan fingerprint density at radius 1 is 1.28 bits per heavy atom. The molecule has 12 heteroatoms. The number of carboxylic acid groups (broad SMARTS) is 1. The molecule has 1 fully saturated rings. The van der Waals surface area contributed by atoms with E-state index >= 15 is 0 Å². The molecule has 36 heavy (non-hydrogen) atoms. The van der Waals surface area contributed by atoms with Gasteiger partial charge in [0.15, 0.2) is 0 Å². The zero-order valence-electron chi connectivity index (χ0n) is 19.8. The summed E-state index contributed by atoms with van der Waals surface area (Å²) in [5.74, 6) is -1.07. The Kier molecular flexibility index (Phi) is 8.60. The van der Waals surface area contributed by atoms with E-state index in [4.69, 9.17) is 14.6 Å². The topological polar surface area (TPSA) is 124 Å². The predicted octanol–water partition coefficient (Wildman–Crippen LogP) is 4.45. The van der Waals surface area contributed by atoms with Gasteiger partial charge in [-0.3, -0.25) is 0 Å². The second-order valence-electron chi connectivity index (χ2n) is 8.02. The standard InChI is InChI=1S/C22H26N6O.C2HF3O2/c1-3-29-18-6-4-16(5-7-18)27-22-15(2)21(26-17-8-11-24-12-9-17)19(14-23)20-10-13-25-28(20)22;3-2(4,5)1(6)7/h4-7,10,13,17,24,26-27H,3,8-9,11-12H2,1-2H3;(H,6,7). The molecule has 192 valence electrons. The van der Waals surface area contributed by atoms with Crippen molar-refractivity contribution < 1.29 is 27.8 Å². The van der Waals surface area contributed by atoms with Crippen LogP contribution in [0.1, 0.15) is 30.9 Å². The zero-order valence-corrected chi connectivity index (χ0v) is 19.8. The van der Waals surface area contributed by atoms with Crippen molar-refractivity contribution in [2.24, 2.45) is 0 Å². The second-order valence-corrected chi connectivity index (χ2v) is 8.02. The molecule has 0 amide bonds. The smallest absolute Gasteiger partial charge is 0.490 e. The fraction of sp³-hybridized carbons (Fsp3) is 0.375. The number of ether oxygens (including phenoxy) is 1. The highest BCUT2D eigenvalue weighted by atomic mass is 19.4. The van der Waals surface area contributed by atoms with Crippen LogP contribution >= 0.6 is 0 Å². The van der Waals surface area contributed by atoms with Gasteiger partial charge in [0.2, 0.25) is 0 Å². The van der Waals surface area contributed by atoms with Crippen molar-refractivity contribution in [3.8, 4) is 11.8 Å². The summed E-state index contributed by atoms with van der Waals surface area (Å²) >= 11 is 0. The Bertz CT molecular complexity index is 1230. The van der Waals surface area contributed by atoms with E-state index in [2.05, 4.69) is 27.1 Å². The fourth-order valence-corrected chi connectivity index (χ4v) is 3.81. The van der Waals surface area contributed by atoms with Gasteiger partial charge in [0.1, 0.15) is 23.2 Å². The van der Waals surface area contributed by atoms with Gasteiger partial charge in [-0.2, -0.15) is 23.5 Å². The Morgan fingerprint density at radius 3 is 2.47 bits per heavy atom. The van der Waals surface area contributed by atoms with E-state index in [0.717, 1.165) is 60.0 Å². The fourth-order valence-electron chi connectivity index (χ4n) is 3.81. The molecule has 9 nitrogen and oxygen atoms in total. The first kappa shape index (κ1) is 26.6. The third-order valence-electron chi connectivity index (χ3n) is 5.56. The molecular weight excluding hydrogens is 477 g/mol. The number of nitriles is 1. The molecule has 3 aromatic rings. The molecule has 4 N–H and O–H groups in total. The van der Waals surface area contributed by atoms with E-state index in [0.29, 0.717) is 18.2 Å². The van der Waals surface area contributed by atoms with Crippen molar-refractivity contribution in [1.29, 1.82) is 5.26 Å². The summed E-state index contributed by atoms with van der Waals surface area (Å²) in [6, 6.07) is 12.5. The number of pyridine rings is 1. The average molecular weight is 505 g/mol. The van der Waals surface area contributed by atoms with Crippen molar-refractivity contribution >= 4 is 28.7 Å². The monoisotopic (exact) mass is 504 g/mol. The van der Waals surface area contributed by atoms with Crippen LogP contribution in [0.2, 0.25) is 0 Å². The lowest BCUT2D eigenvalue weighted by Crippen LogP contribution is -2.35. The van der Waals surface area contributed by atoms with Gasteiger partial charge < -0.3 is 25.8 Å². The largest absolute Gasteiger partial charge is 0.494 e. The average Bonchev–Trinajstić information content (AvgIpc) is 3.33. The minimum atomic E-state index is -5.08. The predicted molar refractivity (Wildman–Crippen MR) is 129 cm³/mol. The molecule has 0 atom stereocenters. The molecule has 0 bridgehead atoms. The number of fused-ring (bicyclic) bond motifs is 1. The van der Waals surface area contributed by atoms with E-state index in [1.165, 1.54) is 0 Å². The number of anilines is 3. The number of nitrogens with one attached hydrogen (secondary N) is 3. The van der Waals surface area contributed by atoms with Gasteiger partial charge in [-0.05, 0) is 70.1 Å². The number of benzene rings is 1. The van der Waals surface area contributed by atoms with Crippen molar-refractivity contribution in [1.82, 2.24) is 14.9 Å². The van der Waals surface area contributed by atoms with Crippen LogP contribution in [0, 0.1) is 18.3 Å². The van der Waals surface area contributed by atoms with Crippen molar-refractivity contribution in [3.63, 3.8) is 0 Å². The van der Waals surface area contributed by atoms with E-state index < -0.39 is 12.1 Å². The van der Waals surface area contributed by atoms with Crippen LogP contribution in [0.15, 0.2) is 36.5 Å². The van der Waals surface area contributed by atoms with Gasteiger partial charge >= 0.3 is 12.1 Å². The van der Waals surface area contributed by atoms with Gasteiger partial charge in [-0.25, -0.2) is 9.31 Å². The number of hydrogen-bond donors (Lipinski definition) is 4. The summed E-state index contributed by atoms with van der Waals surface area (Å²) in [4.78, 5) is 8.90. The molecule has 0 radical (unpaired) electrons. The van der Waals surface area contributed by atoms with Crippen molar-refractivity contribution in [3.05, 3.63) is 47.7 Å². The summed E-state index contributed by atoms with van der Waals surface area (Å²) in [6.45, 7) is 6.62. The third-order valence-corrected chi connectivity index (χ3v) is 5.56. The molecular formula is C24H27F3N6O3. The molecule has 1 aliphatic heterocycles. The van der Waals surface area contributed by atoms with Gasteiger partial charge in [-0.15, -0.1) is 0 Å². The van der Waals surface area contributed by atoms with Gasteiger partial charge in [0, 0.05) is 17.3 Å². The quantitative estimate of drug-likeness (QED) is 0.388. The Balaban J connectivity index is 0.000000454. The zero-order chi connectivity index (χ0) is 26.3. The van der Waals surface area contributed by atoms with Gasteiger partial charge in [0.05, 0.1) is 24.0 Å². The molecule has 1 aromatic carbocycles. The molecule has 0 saturated carbocycles. The highest BCUT2D eigenvalue weighted by Gasteiger charge is 2.38. The molecule has 0 spiro atoms. The summed E-state index contributed by atoms with van der Waals surface area (Å²) in [6.07, 6.45) is -1.28. The first-order valence-electron chi connectivity index (χ1n) is 11.3. The van der Waals surface area contributed by atoms with Gasteiger partial charge in [0.25, 0.3) is 0 Å². The van der Waals surface area contributed by atoms with Crippen LogP contribution in [-0.4, -0.2) is 52.6 Å². The first-order valence-corrected chi connectivity index (χ1v) is 11.3. The number of carboxylic acids is 1. The van der Waals surface area contributed by atoms with Crippen LogP contribution in [0.4, 0.5) is 30.4 Å². The van der Waals surface area contributed by atoms with Crippen LogP contribution < -0.4 is 20.7 Å². The third kappa shape index (κ3) is 6.37. The molecule has 3 heterocycles. The number of nitrogens with zero attached hydrogens (tertiary/aromatic N) is 3. The molecule has 4 rings (SSSR count). The van der Waals surface area contributed by atoms with Crippen LogP contribution in [0.3, 0.4) is 0 Å². The van der Waals surface area contributed by atoms with Crippen LogP contribution in [0.5, 0.6) is 5.75 Å². The summed E-state index contributed by atoms with van der Waals surface area (Å²) in [5, 5.41) is 32.0. The summed E-state index contributed by atoms with van der Waals surface area (Å²) < 4.78 is 39.1. The van der Waals surface area contributed by atoms with Crippen molar-refractivity contribution in [2.75, 3.05) is 30.3 Å². The lowest BCUT2D eigenvalue weighted by Gasteiger charge is -2.27. The number of piperidine rings is 1. The van der Waals surface area contributed by atoms with Crippen LogP contribution in [0.25, 0.3) is 5.52 Å². The number of halogens is 3. The van der Waals surface area contributed by atoms with Crippen molar-refractivity contribution in [2.45, 2.75) is 38.9 Å². The first-order chi connectivity index (χ1) is 17.2. The second kappa shape index (κ2) is 11.6. The lowest BCUT2D eigenvalue weighted by atomic mass is 10.0. The van der Waals surface area contributed by atoms with E-state index in [9.17, 15) is 18.4 Å². The SMILES string of the molecule is CCOc1ccc(Nc2c(C)c(NC3CCNCC3)c(C#N)c3ccnn23)cc1.O=C(O)C(F)(F)F. The number of carbonyl (C=O) groups is 1. The molecule has 0 aliphatic carbocycles. The molecule has 2 aromatic heterocycles. The Hall–Kier alpha value is -3.98. The number of rotatable bonds is 6. The summed E-state index contributed by atoms with van der Waals surface area (Å²) in [7, 11) is 0. The van der Waals surface area contributed by atoms with E-state index in [1.54, 1.807) is 10.7 Å². The van der Waals surface area contributed by atoms with E-state index in [1.807, 2.05) is 44.2 Å². The number of aliphatic carboxylic acids is 1. The number of hydrogen-bond acceptors (Lipinski definition) is 7. The number of alkyl halides is 3. The minimum absolute atomic E-state index is 0.353. The highest BCUT2D eigenvalue weighted by molar-refractivity contribution is 5.82. The maximum Gasteiger partial charge on any atom is 0.490 e. The highest BCUT2D eigenvalue weighted by Crippen LogP contribution is 2.34. The van der Waals surface area contributed by atoms with Gasteiger partial charge in [-0.1, -0.05) is 0 Å². The lowest BCUT2D eigenvalue weighted by molar-refractivity contribution is -0.192. The Labute approximate surface area is 205 Å². The Morgan fingerprint density at radius 2 is 1.92 bits per heavy atom. The summed E-state index contributed by atoms with van der Waals surface area (Å²) in [5.41, 5.74) is 4.23. The maximum absolute atomic E-state index is 10.6.